The topological polar surface area (TPSA) is 24.5 Å². The van der Waals surface area contributed by atoms with Crippen molar-refractivity contribution >= 4 is 0 Å². The maximum atomic E-state index is 14.0. The highest BCUT2D eigenvalue weighted by Gasteiger charge is 2.20. The SMILES string of the molecule is CNCCC(c1cc(F)c(OC)cc1F)N(C)C. The molecule has 1 rings (SSSR count). The van der Waals surface area contributed by atoms with E-state index >= 15 is 0 Å². The van der Waals surface area contributed by atoms with Crippen LogP contribution in [0.25, 0.3) is 0 Å². The number of ether oxygens (including phenoxy) is 1. The van der Waals surface area contributed by atoms with Crippen LogP contribution < -0.4 is 10.1 Å². The number of nitrogens with one attached hydrogen (secondary N) is 1. The van der Waals surface area contributed by atoms with Gasteiger partial charge in [0.25, 0.3) is 0 Å². The maximum absolute atomic E-state index is 14.0. The summed E-state index contributed by atoms with van der Waals surface area (Å²) in [6, 6.07) is 2.15. The summed E-state index contributed by atoms with van der Waals surface area (Å²) in [5.74, 6) is -1.05. The number of halogens is 2. The van der Waals surface area contributed by atoms with E-state index in [1.807, 2.05) is 26.0 Å². The fraction of sp³-hybridized carbons (Fsp3) is 0.538. The molecule has 0 aliphatic heterocycles. The molecule has 0 aliphatic rings. The van der Waals surface area contributed by atoms with Crippen molar-refractivity contribution in [1.82, 2.24) is 10.2 Å². The molecule has 0 aromatic heterocycles. The Kier molecular flexibility index (Phi) is 5.50. The average Bonchev–Trinajstić information content (AvgIpc) is 2.32. The first kappa shape index (κ1) is 14.9. The molecule has 18 heavy (non-hydrogen) atoms. The van der Waals surface area contributed by atoms with Gasteiger partial charge in [0.15, 0.2) is 11.6 Å². The minimum Gasteiger partial charge on any atom is -0.494 e. The first-order chi connectivity index (χ1) is 8.51. The third-order valence-corrected chi connectivity index (χ3v) is 2.92. The van der Waals surface area contributed by atoms with Crippen molar-refractivity contribution in [3.05, 3.63) is 29.3 Å². The molecule has 1 aromatic rings. The largest absolute Gasteiger partial charge is 0.494 e. The third kappa shape index (κ3) is 3.40. The molecule has 0 spiro atoms. The zero-order valence-corrected chi connectivity index (χ0v) is 11.3. The van der Waals surface area contributed by atoms with Crippen molar-refractivity contribution < 1.29 is 13.5 Å². The Hall–Kier alpha value is -1.20. The van der Waals surface area contributed by atoms with Gasteiger partial charge in [0.2, 0.25) is 0 Å². The van der Waals surface area contributed by atoms with Crippen LogP contribution in [0.4, 0.5) is 8.78 Å². The van der Waals surface area contributed by atoms with E-state index < -0.39 is 11.6 Å². The molecule has 1 N–H and O–H groups in total. The summed E-state index contributed by atoms with van der Waals surface area (Å²) in [4.78, 5) is 1.88. The zero-order valence-electron chi connectivity index (χ0n) is 11.3. The molecule has 1 unspecified atom stereocenters. The number of methoxy groups -OCH3 is 1. The van der Waals surface area contributed by atoms with E-state index in [-0.39, 0.29) is 11.8 Å². The van der Waals surface area contributed by atoms with Gasteiger partial charge in [-0.25, -0.2) is 8.78 Å². The Morgan fingerprint density at radius 2 is 1.94 bits per heavy atom. The number of hydrogen-bond acceptors (Lipinski definition) is 3. The van der Waals surface area contributed by atoms with Gasteiger partial charge >= 0.3 is 0 Å². The summed E-state index contributed by atoms with van der Waals surface area (Å²) in [6.07, 6.45) is 0.701. The second-order valence-electron chi connectivity index (χ2n) is 4.38. The van der Waals surface area contributed by atoms with Gasteiger partial charge in [0.05, 0.1) is 7.11 Å². The van der Waals surface area contributed by atoms with E-state index in [1.54, 1.807) is 0 Å². The van der Waals surface area contributed by atoms with Crippen molar-refractivity contribution in [3.63, 3.8) is 0 Å². The molecule has 0 amide bonds. The van der Waals surface area contributed by atoms with Crippen molar-refractivity contribution in [2.24, 2.45) is 0 Å². The summed E-state index contributed by atoms with van der Waals surface area (Å²) in [6.45, 7) is 0.732. The van der Waals surface area contributed by atoms with E-state index in [0.717, 1.165) is 12.6 Å². The molecule has 0 bridgehead atoms. The molecule has 0 aliphatic carbocycles. The third-order valence-electron chi connectivity index (χ3n) is 2.92. The van der Waals surface area contributed by atoms with Crippen molar-refractivity contribution in [2.45, 2.75) is 12.5 Å². The van der Waals surface area contributed by atoms with E-state index in [2.05, 4.69) is 5.32 Å². The van der Waals surface area contributed by atoms with Crippen molar-refractivity contribution in [2.75, 3.05) is 34.8 Å². The molecule has 3 nitrogen and oxygen atoms in total. The summed E-state index contributed by atoms with van der Waals surface area (Å²) < 4.78 is 32.4. The lowest BCUT2D eigenvalue weighted by Gasteiger charge is -2.25. The quantitative estimate of drug-likeness (QED) is 0.846. The number of benzene rings is 1. The van der Waals surface area contributed by atoms with E-state index in [0.29, 0.717) is 12.0 Å². The van der Waals surface area contributed by atoms with Crippen molar-refractivity contribution in [3.8, 4) is 5.75 Å². The van der Waals surface area contributed by atoms with Gasteiger partial charge in [-0.3, -0.25) is 0 Å². The standard InChI is InChI=1S/C13H20F2N2O/c1-16-6-5-12(17(2)3)9-7-11(15)13(18-4)8-10(9)14/h7-8,12,16H,5-6H2,1-4H3. The van der Waals surface area contributed by atoms with Crippen molar-refractivity contribution in [1.29, 1.82) is 0 Å². The van der Waals surface area contributed by atoms with Gasteiger partial charge in [0, 0.05) is 17.7 Å². The van der Waals surface area contributed by atoms with Crippen LogP contribution in [-0.2, 0) is 0 Å². The van der Waals surface area contributed by atoms with Gasteiger partial charge < -0.3 is 15.0 Å². The maximum Gasteiger partial charge on any atom is 0.165 e. The van der Waals surface area contributed by atoms with E-state index in [1.165, 1.54) is 13.2 Å². The Morgan fingerprint density at radius 3 is 2.44 bits per heavy atom. The first-order valence-electron chi connectivity index (χ1n) is 5.85. The second kappa shape index (κ2) is 6.66. The molecule has 102 valence electrons. The Bertz CT molecular complexity index is 397. The van der Waals surface area contributed by atoms with Crippen LogP contribution in [0.1, 0.15) is 18.0 Å². The number of rotatable bonds is 6. The van der Waals surface area contributed by atoms with Crippen LogP contribution in [0.3, 0.4) is 0 Å². The summed E-state index contributed by atoms with van der Waals surface area (Å²) >= 11 is 0. The van der Waals surface area contributed by atoms with E-state index in [9.17, 15) is 8.78 Å². The van der Waals surface area contributed by atoms with Gasteiger partial charge in [-0.15, -0.1) is 0 Å². The minimum absolute atomic E-state index is 0.0672. The monoisotopic (exact) mass is 258 g/mol. The van der Waals surface area contributed by atoms with Crippen LogP contribution in [0.15, 0.2) is 12.1 Å². The Balaban J connectivity index is 3.08. The molecule has 0 radical (unpaired) electrons. The molecule has 1 aromatic carbocycles. The van der Waals surface area contributed by atoms with Crippen LogP contribution in [-0.4, -0.2) is 39.7 Å². The molecule has 0 heterocycles. The fourth-order valence-corrected chi connectivity index (χ4v) is 1.93. The first-order valence-corrected chi connectivity index (χ1v) is 5.85. The molecule has 0 saturated heterocycles. The molecule has 0 fully saturated rings. The van der Waals surface area contributed by atoms with Crippen LogP contribution >= 0.6 is 0 Å². The molecule has 1 atom stereocenters. The summed E-state index contributed by atoms with van der Waals surface area (Å²) in [5, 5.41) is 3.01. The number of nitrogens with zero attached hydrogens (tertiary/aromatic N) is 1. The highest BCUT2D eigenvalue weighted by molar-refractivity contribution is 5.32. The van der Waals surface area contributed by atoms with Crippen LogP contribution in [0.2, 0.25) is 0 Å². The Labute approximate surface area is 107 Å². The lowest BCUT2D eigenvalue weighted by molar-refractivity contribution is 0.274. The molecule has 5 heteroatoms. The highest BCUT2D eigenvalue weighted by atomic mass is 19.1. The Morgan fingerprint density at radius 1 is 1.28 bits per heavy atom. The summed E-state index contributed by atoms with van der Waals surface area (Å²) in [5.41, 5.74) is 0.355. The fourth-order valence-electron chi connectivity index (χ4n) is 1.93. The highest BCUT2D eigenvalue weighted by Crippen LogP contribution is 2.29. The average molecular weight is 258 g/mol. The van der Waals surface area contributed by atoms with Crippen LogP contribution in [0.5, 0.6) is 5.75 Å². The normalized spacial score (nSPS) is 12.8. The molecular formula is C13H20F2N2O. The second-order valence-corrected chi connectivity index (χ2v) is 4.38. The van der Waals surface area contributed by atoms with Gasteiger partial charge in [-0.2, -0.15) is 0 Å². The van der Waals surface area contributed by atoms with Gasteiger partial charge in [-0.05, 0) is 40.2 Å². The van der Waals surface area contributed by atoms with Gasteiger partial charge in [-0.1, -0.05) is 0 Å². The lowest BCUT2D eigenvalue weighted by Crippen LogP contribution is -2.25. The lowest BCUT2D eigenvalue weighted by atomic mass is 10.0. The predicted octanol–water partition coefficient (Wildman–Crippen LogP) is 2.19. The predicted molar refractivity (Wildman–Crippen MR) is 67.9 cm³/mol. The number of hydrogen-bond donors (Lipinski definition) is 1. The zero-order chi connectivity index (χ0) is 13.7. The van der Waals surface area contributed by atoms with Gasteiger partial charge in [0.1, 0.15) is 5.82 Å². The minimum atomic E-state index is -0.537. The summed E-state index contributed by atoms with van der Waals surface area (Å²) in [7, 11) is 6.85. The molecular weight excluding hydrogens is 238 g/mol. The smallest absolute Gasteiger partial charge is 0.165 e. The van der Waals surface area contributed by atoms with Crippen LogP contribution in [0, 0.1) is 11.6 Å². The van der Waals surface area contributed by atoms with E-state index in [4.69, 9.17) is 4.74 Å². The molecule has 0 saturated carbocycles.